The molecule has 20 heavy (non-hydrogen) atoms. The zero-order valence-corrected chi connectivity index (χ0v) is 12.6. The van der Waals surface area contributed by atoms with E-state index in [0.717, 1.165) is 37.2 Å². The van der Waals surface area contributed by atoms with Crippen LogP contribution in [0.4, 0.5) is 0 Å². The second-order valence-corrected chi connectivity index (χ2v) is 7.49. The predicted octanol–water partition coefficient (Wildman–Crippen LogP) is 0.712. The lowest BCUT2D eigenvalue weighted by Gasteiger charge is -2.22. The molecule has 0 radical (unpaired) electrons. The predicted molar refractivity (Wildman–Crippen MR) is 76.1 cm³/mol. The van der Waals surface area contributed by atoms with Gasteiger partial charge in [-0.25, -0.2) is 13.1 Å². The summed E-state index contributed by atoms with van der Waals surface area (Å²) in [5, 5.41) is 4.36. The average Bonchev–Trinajstić information content (AvgIpc) is 2.99. The van der Waals surface area contributed by atoms with Crippen LogP contribution in [0.2, 0.25) is 0 Å². The van der Waals surface area contributed by atoms with Crippen molar-refractivity contribution in [3.05, 3.63) is 17.5 Å². The first-order valence-corrected chi connectivity index (χ1v) is 8.86. The number of thiophene rings is 1. The second-order valence-electron chi connectivity index (χ2n) is 4.55. The Balaban J connectivity index is 1.72. The Morgan fingerprint density at radius 1 is 1.45 bits per heavy atom. The van der Waals surface area contributed by atoms with Crippen molar-refractivity contribution in [3.8, 4) is 0 Å². The molecule has 2 rings (SSSR count). The lowest BCUT2D eigenvalue weighted by Crippen LogP contribution is -2.41. The third-order valence-corrected chi connectivity index (χ3v) is 5.78. The molecule has 0 unspecified atom stereocenters. The minimum atomic E-state index is -3.58. The molecule has 1 aromatic rings. The van der Waals surface area contributed by atoms with Gasteiger partial charge in [-0.05, 0) is 30.7 Å². The number of carbonyl (C=O) groups is 1. The van der Waals surface area contributed by atoms with E-state index in [1.54, 1.807) is 11.4 Å². The standard InChI is InChI=1S/C12H18N2O4S2/c15-11(13-8-10-4-1-2-6-18-10)9-14-20(16,17)12-5-3-7-19-12/h3,5,7,10,14H,1-2,4,6,8-9H2,(H,13,15)/t10-/m0/s1. The lowest BCUT2D eigenvalue weighted by molar-refractivity contribution is -0.120. The molecule has 0 aliphatic carbocycles. The molecular weight excluding hydrogens is 300 g/mol. The molecule has 0 aromatic carbocycles. The summed E-state index contributed by atoms with van der Waals surface area (Å²) in [4.78, 5) is 11.6. The van der Waals surface area contributed by atoms with Crippen molar-refractivity contribution in [1.82, 2.24) is 10.0 Å². The largest absolute Gasteiger partial charge is 0.376 e. The first kappa shape index (κ1) is 15.4. The Morgan fingerprint density at radius 3 is 2.95 bits per heavy atom. The van der Waals surface area contributed by atoms with Crippen LogP contribution >= 0.6 is 11.3 Å². The third-order valence-electron chi connectivity index (χ3n) is 2.98. The highest BCUT2D eigenvalue weighted by molar-refractivity contribution is 7.91. The van der Waals surface area contributed by atoms with Crippen molar-refractivity contribution >= 4 is 27.3 Å². The van der Waals surface area contributed by atoms with Gasteiger partial charge in [-0.1, -0.05) is 6.07 Å². The fourth-order valence-corrected chi connectivity index (χ4v) is 3.93. The van der Waals surface area contributed by atoms with Crippen LogP contribution in [0, 0.1) is 0 Å². The molecular formula is C12H18N2O4S2. The fourth-order valence-electron chi connectivity index (χ4n) is 1.91. The van der Waals surface area contributed by atoms with Gasteiger partial charge in [0.05, 0.1) is 12.6 Å². The van der Waals surface area contributed by atoms with Crippen LogP contribution in [0.1, 0.15) is 19.3 Å². The van der Waals surface area contributed by atoms with Crippen LogP contribution in [0.5, 0.6) is 0 Å². The first-order chi connectivity index (χ1) is 9.58. The summed E-state index contributed by atoms with van der Waals surface area (Å²) >= 11 is 1.12. The van der Waals surface area contributed by atoms with E-state index in [-0.39, 0.29) is 22.8 Å². The molecule has 1 aromatic heterocycles. The summed E-state index contributed by atoms with van der Waals surface area (Å²) in [5.41, 5.74) is 0. The van der Waals surface area contributed by atoms with E-state index in [1.165, 1.54) is 6.07 Å². The van der Waals surface area contributed by atoms with E-state index in [0.29, 0.717) is 6.54 Å². The summed E-state index contributed by atoms with van der Waals surface area (Å²) in [6.45, 7) is 0.901. The number of hydrogen-bond donors (Lipinski definition) is 2. The molecule has 2 heterocycles. The van der Waals surface area contributed by atoms with Gasteiger partial charge in [-0.2, -0.15) is 0 Å². The van der Waals surface area contributed by atoms with Crippen molar-refractivity contribution < 1.29 is 17.9 Å². The van der Waals surface area contributed by atoms with Gasteiger partial charge in [0, 0.05) is 13.2 Å². The van der Waals surface area contributed by atoms with Gasteiger partial charge in [0.25, 0.3) is 10.0 Å². The van der Waals surface area contributed by atoms with Crippen LogP contribution in [0.15, 0.2) is 21.7 Å². The molecule has 0 saturated carbocycles. The Labute approximate surface area is 122 Å². The smallest absolute Gasteiger partial charge is 0.250 e. The zero-order valence-electron chi connectivity index (χ0n) is 11.0. The SMILES string of the molecule is O=C(CNS(=O)(=O)c1cccs1)NC[C@@H]1CCCCO1. The van der Waals surface area contributed by atoms with Crippen LogP contribution in [-0.2, 0) is 19.6 Å². The fraction of sp³-hybridized carbons (Fsp3) is 0.583. The molecule has 8 heteroatoms. The summed E-state index contributed by atoms with van der Waals surface area (Å²) < 4.78 is 31.6. The summed E-state index contributed by atoms with van der Waals surface area (Å²) in [6, 6.07) is 3.15. The minimum absolute atomic E-state index is 0.0432. The van der Waals surface area contributed by atoms with Crippen molar-refractivity contribution in [2.24, 2.45) is 0 Å². The Morgan fingerprint density at radius 2 is 2.30 bits per heavy atom. The maximum Gasteiger partial charge on any atom is 0.250 e. The molecule has 1 aliphatic heterocycles. The third kappa shape index (κ3) is 4.55. The van der Waals surface area contributed by atoms with E-state index >= 15 is 0 Å². The van der Waals surface area contributed by atoms with Gasteiger partial charge in [0.1, 0.15) is 4.21 Å². The number of amides is 1. The maximum atomic E-state index is 11.8. The molecule has 1 atom stereocenters. The molecule has 1 aliphatic rings. The van der Waals surface area contributed by atoms with Crippen molar-refractivity contribution in [1.29, 1.82) is 0 Å². The molecule has 0 spiro atoms. The van der Waals surface area contributed by atoms with E-state index in [4.69, 9.17) is 4.74 Å². The monoisotopic (exact) mass is 318 g/mol. The number of ether oxygens (including phenoxy) is 1. The number of nitrogens with one attached hydrogen (secondary N) is 2. The lowest BCUT2D eigenvalue weighted by atomic mass is 10.1. The summed E-state index contributed by atoms with van der Waals surface area (Å²) in [5.74, 6) is -0.348. The van der Waals surface area contributed by atoms with E-state index in [2.05, 4.69) is 10.0 Å². The average molecular weight is 318 g/mol. The van der Waals surface area contributed by atoms with Gasteiger partial charge in [-0.15, -0.1) is 11.3 Å². The van der Waals surface area contributed by atoms with Gasteiger partial charge < -0.3 is 10.1 Å². The number of sulfonamides is 1. The van der Waals surface area contributed by atoms with Crippen molar-refractivity contribution in [2.45, 2.75) is 29.6 Å². The summed E-state index contributed by atoms with van der Waals surface area (Å²) in [7, 11) is -3.58. The van der Waals surface area contributed by atoms with Crippen LogP contribution in [-0.4, -0.2) is 40.1 Å². The molecule has 1 fully saturated rings. The molecule has 112 valence electrons. The molecule has 0 bridgehead atoms. The van der Waals surface area contributed by atoms with Crippen LogP contribution < -0.4 is 10.0 Å². The Hall–Kier alpha value is -0.960. The topological polar surface area (TPSA) is 84.5 Å². The Bertz CT molecular complexity index is 522. The van der Waals surface area contributed by atoms with Crippen molar-refractivity contribution in [2.75, 3.05) is 19.7 Å². The van der Waals surface area contributed by atoms with Crippen molar-refractivity contribution in [3.63, 3.8) is 0 Å². The zero-order chi connectivity index (χ0) is 14.4. The van der Waals surface area contributed by atoms with Gasteiger partial charge >= 0.3 is 0 Å². The van der Waals surface area contributed by atoms with Crippen LogP contribution in [0.25, 0.3) is 0 Å². The van der Waals surface area contributed by atoms with Gasteiger partial charge in [0.15, 0.2) is 0 Å². The minimum Gasteiger partial charge on any atom is -0.376 e. The highest BCUT2D eigenvalue weighted by atomic mass is 32.2. The molecule has 2 N–H and O–H groups in total. The Kier molecular flexibility index (Phi) is 5.53. The normalized spacial score (nSPS) is 19.7. The molecule has 1 saturated heterocycles. The number of rotatable bonds is 6. The van der Waals surface area contributed by atoms with E-state index in [9.17, 15) is 13.2 Å². The van der Waals surface area contributed by atoms with Gasteiger partial charge in [-0.3, -0.25) is 4.79 Å². The maximum absolute atomic E-state index is 11.8. The van der Waals surface area contributed by atoms with E-state index in [1.807, 2.05) is 0 Å². The number of carbonyl (C=O) groups excluding carboxylic acids is 1. The second kappa shape index (κ2) is 7.16. The highest BCUT2D eigenvalue weighted by Crippen LogP contribution is 2.15. The molecule has 6 nitrogen and oxygen atoms in total. The highest BCUT2D eigenvalue weighted by Gasteiger charge is 2.18. The molecule has 1 amide bonds. The number of hydrogen-bond acceptors (Lipinski definition) is 5. The van der Waals surface area contributed by atoms with Crippen LogP contribution in [0.3, 0.4) is 0 Å². The summed E-state index contributed by atoms with van der Waals surface area (Å²) in [6.07, 6.45) is 3.14. The quantitative estimate of drug-likeness (QED) is 0.809. The first-order valence-electron chi connectivity index (χ1n) is 6.49. The van der Waals surface area contributed by atoms with E-state index < -0.39 is 10.0 Å². The van der Waals surface area contributed by atoms with Gasteiger partial charge in [0.2, 0.25) is 5.91 Å².